The van der Waals surface area contributed by atoms with E-state index in [4.69, 9.17) is 4.42 Å². The number of para-hydroxylation sites is 1. The Kier molecular flexibility index (Phi) is 6.25. The molecule has 10 aromatic rings. The highest BCUT2D eigenvalue weighted by Crippen LogP contribution is 2.50. The second-order valence-corrected chi connectivity index (χ2v) is 12.7. The molecule has 0 spiro atoms. The minimum absolute atomic E-state index is 0.918. The first-order valence-electron chi connectivity index (χ1n) is 16.9. The average molecular weight is 623 g/mol. The smallest absolute Gasteiger partial charge is 0.136 e. The number of benzene rings is 9. The van der Waals surface area contributed by atoms with Crippen molar-refractivity contribution in [3.63, 3.8) is 0 Å². The number of hydrogen-bond donors (Lipinski definition) is 0. The Balaban J connectivity index is 1.36. The Hall–Kier alpha value is -6.44. The standard InChI is InChI=1S/C48H30O/c1-3-15-31(16-4-1)33-24-13-25-34(32-17-5-2-6-18-32)47(33)48-40-21-9-7-19-38(40)45(39-20-8-10-22-41(39)48)36-26-14-27-37-35(36)29-30-44-46(37)42-23-11-12-28-43(42)49-44/h1-30H. The molecule has 49 heavy (non-hydrogen) atoms. The van der Waals surface area contributed by atoms with Gasteiger partial charge >= 0.3 is 0 Å². The van der Waals surface area contributed by atoms with Crippen molar-refractivity contribution in [2.75, 3.05) is 0 Å². The highest BCUT2D eigenvalue weighted by molar-refractivity contribution is 6.27. The number of hydrogen-bond acceptors (Lipinski definition) is 1. The van der Waals surface area contributed by atoms with Gasteiger partial charge in [0.25, 0.3) is 0 Å². The summed E-state index contributed by atoms with van der Waals surface area (Å²) >= 11 is 0. The predicted molar refractivity (Wildman–Crippen MR) is 208 cm³/mol. The van der Waals surface area contributed by atoms with Gasteiger partial charge in [-0.25, -0.2) is 0 Å². The van der Waals surface area contributed by atoms with Crippen LogP contribution in [0.25, 0.3) is 98.8 Å². The summed E-state index contributed by atoms with van der Waals surface area (Å²) in [6.45, 7) is 0. The summed E-state index contributed by atoms with van der Waals surface area (Å²) < 4.78 is 6.31. The maximum atomic E-state index is 6.31. The third-order valence-electron chi connectivity index (χ3n) is 10.1. The van der Waals surface area contributed by atoms with Crippen molar-refractivity contribution in [2.45, 2.75) is 0 Å². The number of rotatable bonds is 4. The molecule has 228 valence electrons. The summed E-state index contributed by atoms with van der Waals surface area (Å²) in [4.78, 5) is 0. The van der Waals surface area contributed by atoms with Crippen molar-refractivity contribution < 1.29 is 4.42 Å². The number of furan rings is 1. The van der Waals surface area contributed by atoms with Crippen molar-refractivity contribution in [3.8, 4) is 44.5 Å². The van der Waals surface area contributed by atoms with Crippen LogP contribution < -0.4 is 0 Å². The van der Waals surface area contributed by atoms with Crippen molar-refractivity contribution in [1.82, 2.24) is 0 Å². The Labute approximate surface area is 284 Å². The van der Waals surface area contributed by atoms with E-state index in [-0.39, 0.29) is 0 Å². The molecule has 1 nitrogen and oxygen atoms in total. The van der Waals surface area contributed by atoms with Gasteiger partial charge in [0.2, 0.25) is 0 Å². The Morgan fingerprint density at radius 3 is 1.33 bits per heavy atom. The zero-order valence-corrected chi connectivity index (χ0v) is 26.7. The summed E-state index contributed by atoms with van der Waals surface area (Å²) in [6.07, 6.45) is 0. The van der Waals surface area contributed by atoms with Crippen LogP contribution in [-0.4, -0.2) is 0 Å². The van der Waals surface area contributed by atoms with E-state index in [1.165, 1.54) is 82.2 Å². The second kappa shape index (κ2) is 11.1. The van der Waals surface area contributed by atoms with Gasteiger partial charge in [-0.3, -0.25) is 0 Å². The fraction of sp³-hybridized carbons (Fsp3) is 0. The van der Waals surface area contributed by atoms with Gasteiger partial charge in [-0.05, 0) is 89.0 Å². The zero-order chi connectivity index (χ0) is 32.3. The molecule has 0 bridgehead atoms. The lowest BCUT2D eigenvalue weighted by Crippen LogP contribution is -1.95. The van der Waals surface area contributed by atoms with Crippen molar-refractivity contribution in [2.24, 2.45) is 0 Å². The Bertz CT molecular complexity index is 2750. The maximum Gasteiger partial charge on any atom is 0.136 e. The highest BCUT2D eigenvalue weighted by Gasteiger charge is 2.23. The van der Waals surface area contributed by atoms with E-state index in [1.54, 1.807) is 0 Å². The van der Waals surface area contributed by atoms with E-state index in [2.05, 4.69) is 176 Å². The minimum Gasteiger partial charge on any atom is -0.456 e. The van der Waals surface area contributed by atoms with Crippen LogP contribution in [0.4, 0.5) is 0 Å². The molecular weight excluding hydrogens is 593 g/mol. The van der Waals surface area contributed by atoms with Crippen molar-refractivity contribution >= 4 is 54.3 Å². The van der Waals surface area contributed by atoms with E-state index in [0.29, 0.717) is 0 Å². The predicted octanol–water partition coefficient (Wildman–Crippen LogP) is 13.7. The monoisotopic (exact) mass is 622 g/mol. The molecule has 0 unspecified atom stereocenters. The first kappa shape index (κ1) is 27.7. The third-order valence-corrected chi connectivity index (χ3v) is 10.1. The van der Waals surface area contributed by atoms with Crippen LogP contribution in [0.1, 0.15) is 0 Å². The van der Waals surface area contributed by atoms with Gasteiger partial charge in [-0.15, -0.1) is 0 Å². The quantitative estimate of drug-likeness (QED) is 0.178. The second-order valence-electron chi connectivity index (χ2n) is 12.7. The van der Waals surface area contributed by atoms with Crippen LogP contribution in [0, 0.1) is 0 Å². The fourth-order valence-electron chi connectivity index (χ4n) is 8.03. The summed E-state index contributed by atoms with van der Waals surface area (Å²) in [5, 5.41) is 9.70. The van der Waals surface area contributed by atoms with Crippen LogP contribution in [0.3, 0.4) is 0 Å². The van der Waals surface area contributed by atoms with Gasteiger partial charge in [-0.1, -0.05) is 170 Å². The van der Waals surface area contributed by atoms with Gasteiger partial charge in [0.1, 0.15) is 11.2 Å². The van der Waals surface area contributed by atoms with E-state index < -0.39 is 0 Å². The third kappa shape index (κ3) is 4.26. The van der Waals surface area contributed by atoms with Gasteiger partial charge in [0.15, 0.2) is 0 Å². The van der Waals surface area contributed by atoms with Gasteiger partial charge in [-0.2, -0.15) is 0 Å². The SMILES string of the molecule is c1ccc(-c2cccc(-c3ccccc3)c2-c2c3ccccc3c(-c3cccc4c3ccc3oc5ccccc5c34)c3ccccc23)cc1. The summed E-state index contributed by atoms with van der Waals surface area (Å²) in [6, 6.07) is 65.8. The maximum absolute atomic E-state index is 6.31. The van der Waals surface area contributed by atoms with E-state index in [9.17, 15) is 0 Å². The average Bonchev–Trinajstić information content (AvgIpc) is 3.57. The molecule has 0 atom stereocenters. The van der Waals surface area contributed by atoms with Crippen LogP contribution in [0.2, 0.25) is 0 Å². The normalized spacial score (nSPS) is 11.7. The van der Waals surface area contributed by atoms with Crippen LogP contribution >= 0.6 is 0 Å². The molecule has 0 aliphatic carbocycles. The van der Waals surface area contributed by atoms with Crippen LogP contribution in [0.5, 0.6) is 0 Å². The van der Waals surface area contributed by atoms with E-state index in [1.807, 2.05) is 6.07 Å². The molecule has 0 N–H and O–H groups in total. The first-order valence-corrected chi connectivity index (χ1v) is 16.9. The summed E-state index contributed by atoms with van der Waals surface area (Å²) in [7, 11) is 0. The molecule has 0 radical (unpaired) electrons. The summed E-state index contributed by atoms with van der Waals surface area (Å²) in [5.41, 5.74) is 11.7. The molecule has 0 aliphatic heterocycles. The molecule has 10 rings (SSSR count). The summed E-state index contributed by atoms with van der Waals surface area (Å²) in [5.74, 6) is 0. The van der Waals surface area contributed by atoms with Gasteiger partial charge < -0.3 is 4.42 Å². The molecule has 0 saturated heterocycles. The first-order chi connectivity index (χ1) is 24.3. The Morgan fingerprint density at radius 2 is 0.714 bits per heavy atom. The molecular formula is C48H30O. The van der Waals surface area contributed by atoms with Gasteiger partial charge in [0.05, 0.1) is 0 Å². The molecule has 0 fully saturated rings. The molecule has 1 heteroatoms. The Morgan fingerprint density at radius 1 is 0.245 bits per heavy atom. The van der Waals surface area contributed by atoms with E-state index >= 15 is 0 Å². The largest absolute Gasteiger partial charge is 0.456 e. The molecule has 0 amide bonds. The molecule has 1 aromatic heterocycles. The molecule has 1 heterocycles. The van der Waals surface area contributed by atoms with Crippen LogP contribution in [0.15, 0.2) is 186 Å². The van der Waals surface area contributed by atoms with Gasteiger partial charge in [0, 0.05) is 10.8 Å². The fourth-order valence-corrected chi connectivity index (χ4v) is 8.03. The lowest BCUT2D eigenvalue weighted by Gasteiger charge is -2.22. The van der Waals surface area contributed by atoms with Crippen LogP contribution in [-0.2, 0) is 0 Å². The molecule has 9 aromatic carbocycles. The molecule has 0 aliphatic rings. The van der Waals surface area contributed by atoms with Crippen molar-refractivity contribution in [3.05, 3.63) is 182 Å². The number of fused-ring (bicyclic) bond motifs is 7. The minimum atomic E-state index is 0.918. The highest BCUT2D eigenvalue weighted by atomic mass is 16.3. The van der Waals surface area contributed by atoms with Crippen molar-refractivity contribution in [1.29, 1.82) is 0 Å². The lowest BCUT2D eigenvalue weighted by molar-refractivity contribution is 0.669. The topological polar surface area (TPSA) is 13.1 Å². The van der Waals surface area contributed by atoms with E-state index in [0.717, 1.165) is 16.6 Å². The molecule has 0 saturated carbocycles. The zero-order valence-electron chi connectivity index (χ0n) is 26.7. The lowest BCUT2D eigenvalue weighted by atomic mass is 9.80.